The first-order valence-electron chi connectivity index (χ1n) is 7.13. The van der Waals surface area contributed by atoms with Gasteiger partial charge in [0.25, 0.3) is 0 Å². The van der Waals surface area contributed by atoms with Gasteiger partial charge in [0.15, 0.2) is 5.66 Å². The molecule has 0 fully saturated rings. The molecule has 0 aromatic heterocycles. The topological polar surface area (TPSA) is 41.8 Å². The van der Waals surface area contributed by atoms with Crippen LogP contribution in [0.4, 0.5) is 0 Å². The molecule has 3 nitrogen and oxygen atoms in total. The van der Waals surface area contributed by atoms with Gasteiger partial charge in [-0.2, -0.15) is 0 Å². The van der Waals surface area contributed by atoms with Crippen LogP contribution in [0.5, 0.6) is 0 Å². The number of hydrogen-bond acceptors (Lipinski definition) is 4. The van der Waals surface area contributed by atoms with E-state index in [1.807, 2.05) is 43.5 Å². The molecule has 0 amide bonds. The van der Waals surface area contributed by atoms with E-state index in [0.29, 0.717) is 21.3 Å². The number of Topliss-reactive ketones (excluding diaryl/α,β-unsaturated/α-hetero) is 1. The van der Waals surface area contributed by atoms with Gasteiger partial charge >= 0.3 is 0 Å². The SMILES string of the molecule is CSC1=NC(C)(c2ccccc2)N=C1C(=O)c1ccc(Cl)cc1. The highest BCUT2D eigenvalue weighted by Gasteiger charge is 2.35. The van der Waals surface area contributed by atoms with E-state index in [2.05, 4.69) is 9.98 Å². The Bertz CT molecular complexity index is 800. The third kappa shape index (κ3) is 3.09. The van der Waals surface area contributed by atoms with Gasteiger partial charge in [0.05, 0.1) is 0 Å². The maximum atomic E-state index is 12.8. The molecule has 1 aliphatic heterocycles. The summed E-state index contributed by atoms with van der Waals surface area (Å²) in [5, 5.41) is 1.26. The van der Waals surface area contributed by atoms with E-state index in [1.54, 1.807) is 24.3 Å². The number of halogens is 1. The zero-order chi connectivity index (χ0) is 16.4. The van der Waals surface area contributed by atoms with Gasteiger partial charge in [-0.05, 0) is 37.4 Å². The maximum Gasteiger partial charge on any atom is 0.213 e. The van der Waals surface area contributed by atoms with E-state index in [0.717, 1.165) is 5.56 Å². The molecule has 0 spiro atoms. The fourth-order valence-electron chi connectivity index (χ4n) is 2.45. The van der Waals surface area contributed by atoms with Crippen molar-refractivity contribution in [1.29, 1.82) is 0 Å². The number of nitrogens with zero attached hydrogens (tertiary/aromatic N) is 2. The van der Waals surface area contributed by atoms with E-state index in [-0.39, 0.29) is 5.78 Å². The Morgan fingerprint density at radius 2 is 1.70 bits per heavy atom. The minimum absolute atomic E-state index is 0.130. The Balaban J connectivity index is 2.01. The Labute approximate surface area is 144 Å². The molecule has 0 saturated carbocycles. The lowest BCUT2D eigenvalue weighted by atomic mass is 10.0. The number of rotatable bonds is 3. The fraction of sp³-hybridized carbons (Fsp3) is 0.167. The van der Waals surface area contributed by atoms with Crippen LogP contribution in [0.2, 0.25) is 5.02 Å². The number of carbonyl (C=O) groups excluding carboxylic acids is 1. The van der Waals surface area contributed by atoms with Crippen LogP contribution in [0.1, 0.15) is 22.8 Å². The summed E-state index contributed by atoms with van der Waals surface area (Å²) in [6.07, 6.45) is 1.90. The molecule has 1 heterocycles. The second-order valence-corrected chi connectivity index (χ2v) is 6.54. The number of thioether (sulfide) groups is 1. The summed E-state index contributed by atoms with van der Waals surface area (Å²) in [7, 11) is 0. The van der Waals surface area contributed by atoms with Crippen molar-refractivity contribution in [2.75, 3.05) is 6.26 Å². The average molecular weight is 343 g/mol. The van der Waals surface area contributed by atoms with Crippen LogP contribution in [0, 0.1) is 0 Å². The summed E-state index contributed by atoms with van der Waals surface area (Å²) < 4.78 is 0. The van der Waals surface area contributed by atoms with Gasteiger partial charge in [0.1, 0.15) is 10.8 Å². The van der Waals surface area contributed by atoms with E-state index in [9.17, 15) is 4.79 Å². The highest BCUT2D eigenvalue weighted by molar-refractivity contribution is 8.15. The van der Waals surface area contributed by atoms with Crippen molar-refractivity contribution in [3.63, 3.8) is 0 Å². The molecule has 3 rings (SSSR count). The predicted octanol–water partition coefficient (Wildman–Crippen LogP) is 4.61. The molecular formula is C18H15ClN2OS. The average Bonchev–Trinajstić information content (AvgIpc) is 2.94. The van der Waals surface area contributed by atoms with Crippen molar-refractivity contribution in [2.24, 2.45) is 9.98 Å². The van der Waals surface area contributed by atoms with Gasteiger partial charge < -0.3 is 0 Å². The van der Waals surface area contributed by atoms with Crippen LogP contribution in [0.25, 0.3) is 0 Å². The van der Waals surface area contributed by atoms with Crippen molar-refractivity contribution in [2.45, 2.75) is 12.6 Å². The second-order valence-electron chi connectivity index (χ2n) is 5.30. The molecule has 1 aliphatic rings. The van der Waals surface area contributed by atoms with Crippen molar-refractivity contribution < 1.29 is 4.79 Å². The van der Waals surface area contributed by atoms with Gasteiger partial charge in [-0.1, -0.05) is 41.9 Å². The van der Waals surface area contributed by atoms with Crippen LogP contribution >= 0.6 is 23.4 Å². The van der Waals surface area contributed by atoms with Crippen LogP contribution in [0.15, 0.2) is 64.6 Å². The Morgan fingerprint density at radius 1 is 1.04 bits per heavy atom. The maximum absolute atomic E-state index is 12.8. The van der Waals surface area contributed by atoms with Crippen LogP contribution < -0.4 is 0 Å². The highest BCUT2D eigenvalue weighted by Crippen LogP contribution is 2.34. The standard InChI is InChI=1S/C18H15ClN2OS/c1-18(13-6-4-3-5-7-13)20-15(17(21-18)23-2)16(22)12-8-10-14(19)11-9-12/h3-11H,1-2H3. The quantitative estimate of drug-likeness (QED) is 0.764. The van der Waals surface area contributed by atoms with Gasteiger partial charge in [0.2, 0.25) is 5.78 Å². The molecule has 0 radical (unpaired) electrons. The molecule has 2 aromatic rings. The first-order chi connectivity index (χ1) is 11.0. The Hall–Kier alpha value is -1.91. The minimum atomic E-state index is -0.753. The van der Waals surface area contributed by atoms with Gasteiger partial charge in [-0.15, -0.1) is 11.8 Å². The molecule has 0 bridgehead atoms. The Kier molecular flexibility index (Phi) is 4.37. The van der Waals surface area contributed by atoms with E-state index in [4.69, 9.17) is 11.6 Å². The smallest absolute Gasteiger partial charge is 0.213 e. The third-order valence-electron chi connectivity index (χ3n) is 3.69. The molecule has 5 heteroatoms. The zero-order valence-corrected chi connectivity index (χ0v) is 14.4. The first-order valence-corrected chi connectivity index (χ1v) is 8.73. The number of benzene rings is 2. The zero-order valence-electron chi connectivity index (χ0n) is 12.8. The molecule has 23 heavy (non-hydrogen) atoms. The fourth-order valence-corrected chi connectivity index (χ4v) is 3.18. The minimum Gasteiger partial charge on any atom is -0.287 e. The first kappa shape index (κ1) is 16.0. The monoisotopic (exact) mass is 342 g/mol. The molecule has 0 aliphatic carbocycles. The highest BCUT2D eigenvalue weighted by atomic mass is 35.5. The molecule has 0 N–H and O–H groups in total. The summed E-state index contributed by atoms with van der Waals surface area (Å²) >= 11 is 7.32. The van der Waals surface area contributed by atoms with Gasteiger partial charge in [0, 0.05) is 16.1 Å². The van der Waals surface area contributed by atoms with Crippen molar-refractivity contribution in [1.82, 2.24) is 0 Å². The number of carbonyl (C=O) groups is 1. The summed E-state index contributed by atoms with van der Waals surface area (Å²) in [4.78, 5) is 22.1. The third-order valence-corrected chi connectivity index (χ3v) is 4.61. The van der Waals surface area contributed by atoms with Crippen molar-refractivity contribution in [3.8, 4) is 0 Å². The summed E-state index contributed by atoms with van der Waals surface area (Å²) in [5.41, 5.74) is 1.18. The number of hydrogen-bond donors (Lipinski definition) is 0. The van der Waals surface area contributed by atoms with E-state index >= 15 is 0 Å². The number of aliphatic imine (C=N–C) groups is 2. The van der Waals surface area contributed by atoms with E-state index in [1.165, 1.54) is 11.8 Å². The molecular weight excluding hydrogens is 328 g/mol. The lowest BCUT2D eigenvalue weighted by Crippen LogP contribution is -2.20. The molecule has 1 atom stereocenters. The normalized spacial score (nSPS) is 20.1. The van der Waals surface area contributed by atoms with Crippen LogP contribution in [-0.2, 0) is 5.66 Å². The van der Waals surface area contributed by atoms with Crippen LogP contribution in [0.3, 0.4) is 0 Å². The van der Waals surface area contributed by atoms with Crippen LogP contribution in [-0.4, -0.2) is 22.8 Å². The summed E-state index contributed by atoms with van der Waals surface area (Å²) in [6, 6.07) is 16.6. The lowest BCUT2D eigenvalue weighted by Gasteiger charge is -2.17. The molecule has 1 unspecified atom stereocenters. The Morgan fingerprint density at radius 3 is 2.30 bits per heavy atom. The van der Waals surface area contributed by atoms with Gasteiger partial charge in [-0.3, -0.25) is 4.79 Å². The predicted molar refractivity (Wildman–Crippen MR) is 98.0 cm³/mol. The largest absolute Gasteiger partial charge is 0.287 e. The summed E-state index contributed by atoms with van der Waals surface area (Å²) in [6.45, 7) is 1.92. The van der Waals surface area contributed by atoms with Crippen molar-refractivity contribution >= 4 is 39.9 Å². The van der Waals surface area contributed by atoms with E-state index < -0.39 is 5.66 Å². The van der Waals surface area contributed by atoms with Crippen molar-refractivity contribution in [3.05, 3.63) is 70.7 Å². The molecule has 0 saturated heterocycles. The van der Waals surface area contributed by atoms with Gasteiger partial charge in [-0.25, -0.2) is 9.98 Å². The molecule has 2 aromatic carbocycles. The number of ketones is 1. The summed E-state index contributed by atoms with van der Waals surface area (Å²) in [5.74, 6) is -0.130. The molecule has 116 valence electrons. The second kappa shape index (κ2) is 6.30. The lowest BCUT2D eigenvalue weighted by molar-refractivity contribution is 0.106.